The minimum absolute atomic E-state index is 0.00171. The molecule has 9 heteroatoms. The summed E-state index contributed by atoms with van der Waals surface area (Å²) in [6.07, 6.45) is 1.05. The van der Waals surface area contributed by atoms with E-state index in [1.807, 2.05) is 68.4 Å². The molecule has 0 bridgehead atoms. The second kappa shape index (κ2) is 9.61. The van der Waals surface area contributed by atoms with E-state index < -0.39 is 35.9 Å². The Morgan fingerprint density at radius 2 is 1.69 bits per heavy atom. The Bertz CT molecular complexity index is 1060. The van der Waals surface area contributed by atoms with Crippen LogP contribution in [-0.2, 0) is 10.2 Å². The number of carboxylic acids is 1. The van der Waals surface area contributed by atoms with Crippen molar-refractivity contribution in [3.8, 4) is 11.1 Å². The maximum atomic E-state index is 12.7. The summed E-state index contributed by atoms with van der Waals surface area (Å²) in [6.45, 7) is 3.24. The fraction of sp³-hybridized carbons (Fsp3) is 0.304. The van der Waals surface area contributed by atoms with Crippen molar-refractivity contribution in [1.29, 1.82) is 0 Å². The normalized spacial score (nSPS) is 13.3. The van der Waals surface area contributed by atoms with Crippen LogP contribution in [0.1, 0.15) is 36.3 Å². The highest BCUT2D eigenvalue weighted by atomic mass is 16.5. The first kappa shape index (κ1) is 23.0. The number of amides is 1. The van der Waals surface area contributed by atoms with Crippen LogP contribution in [0.3, 0.4) is 0 Å². The van der Waals surface area contributed by atoms with Crippen molar-refractivity contribution in [2.75, 3.05) is 6.61 Å². The molecule has 1 aromatic heterocycles. The summed E-state index contributed by atoms with van der Waals surface area (Å²) in [7, 11) is 0. The highest BCUT2D eigenvalue weighted by Gasteiger charge is 2.36. The zero-order valence-electron chi connectivity index (χ0n) is 17.8. The maximum absolute atomic E-state index is 12.7. The van der Waals surface area contributed by atoms with Gasteiger partial charge in [-0.05, 0) is 28.3 Å². The summed E-state index contributed by atoms with van der Waals surface area (Å²) in [5.41, 5.74) is 2.19. The van der Waals surface area contributed by atoms with E-state index in [4.69, 9.17) is 0 Å². The number of rotatable bonds is 9. The Morgan fingerprint density at radius 1 is 1.06 bits per heavy atom. The molecule has 0 saturated heterocycles. The fourth-order valence-electron chi connectivity index (χ4n) is 3.59. The Labute approximate surface area is 185 Å². The molecule has 0 aliphatic rings. The number of hydrogen-bond acceptors (Lipinski definition) is 6. The van der Waals surface area contributed by atoms with Crippen LogP contribution >= 0.6 is 0 Å². The van der Waals surface area contributed by atoms with Gasteiger partial charge in [-0.3, -0.25) is 9.59 Å². The third kappa shape index (κ3) is 5.12. The number of nitrogens with zero attached hydrogens (tertiary/aromatic N) is 3. The molecule has 4 N–H and O–H groups in total. The molecule has 2 aromatic carbocycles. The molecule has 0 saturated carbocycles. The van der Waals surface area contributed by atoms with E-state index in [2.05, 4.69) is 15.6 Å². The van der Waals surface area contributed by atoms with Crippen molar-refractivity contribution >= 4 is 11.9 Å². The summed E-state index contributed by atoms with van der Waals surface area (Å²) >= 11 is 0. The highest BCUT2D eigenvalue weighted by molar-refractivity contribution is 5.92. The number of nitrogens with one attached hydrogen (secondary N) is 1. The standard InChI is InChI=1S/C23H26N4O5/c1-23(2,18-10-8-16(9-11-18)15-6-4-3-5-7-15)20(12-17(14-28)22(30)31)24-21(29)19-13-27(32)26-25-19/h3-11,13,17,20,28,32H,12,14H2,1-2H3,(H,24,29)(H,30,31)/t17-,20-/m0/s1. The average molecular weight is 438 g/mol. The van der Waals surface area contributed by atoms with Crippen LogP contribution in [0, 0.1) is 5.92 Å². The van der Waals surface area contributed by atoms with Gasteiger partial charge in [-0.1, -0.05) is 73.3 Å². The quantitative estimate of drug-likeness (QED) is 0.376. The van der Waals surface area contributed by atoms with Crippen LogP contribution in [0.2, 0.25) is 0 Å². The van der Waals surface area contributed by atoms with Gasteiger partial charge in [-0.2, -0.15) is 0 Å². The molecule has 3 aromatic rings. The molecule has 9 nitrogen and oxygen atoms in total. The summed E-state index contributed by atoms with van der Waals surface area (Å²) < 4.78 is 0. The minimum atomic E-state index is -1.15. The predicted molar refractivity (Wildman–Crippen MR) is 116 cm³/mol. The van der Waals surface area contributed by atoms with Gasteiger partial charge in [0.1, 0.15) is 0 Å². The first-order valence-electron chi connectivity index (χ1n) is 10.1. The Hall–Kier alpha value is -3.72. The lowest BCUT2D eigenvalue weighted by molar-refractivity contribution is -0.143. The van der Waals surface area contributed by atoms with E-state index in [-0.39, 0.29) is 12.1 Å². The highest BCUT2D eigenvalue weighted by Crippen LogP contribution is 2.32. The van der Waals surface area contributed by atoms with Gasteiger partial charge in [0.2, 0.25) is 0 Å². The molecule has 0 aliphatic heterocycles. The van der Waals surface area contributed by atoms with Crippen LogP contribution in [0.4, 0.5) is 0 Å². The molecule has 32 heavy (non-hydrogen) atoms. The van der Waals surface area contributed by atoms with Crippen LogP contribution in [0.5, 0.6) is 0 Å². The minimum Gasteiger partial charge on any atom is -0.481 e. The molecule has 0 unspecified atom stereocenters. The van der Waals surface area contributed by atoms with Crippen LogP contribution in [-0.4, -0.2) is 55.1 Å². The number of aromatic nitrogens is 3. The van der Waals surface area contributed by atoms with E-state index in [9.17, 15) is 25.0 Å². The predicted octanol–water partition coefficient (Wildman–Crippen LogP) is 2.34. The first-order chi connectivity index (χ1) is 15.2. The van der Waals surface area contributed by atoms with Crippen molar-refractivity contribution in [2.45, 2.75) is 31.7 Å². The summed E-state index contributed by atoms with van der Waals surface area (Å²) in [5.74, 6) is -2.81. The molecule has 0 radical (unpaired) electrons. The van der Waals surface area contributed by atoms with Gasteiger partial charge in [0.25, 0.3) is 5.91 Å². The van der Waals surface area contributed by atoms with Crippen molar-refractivity contribution in [3.63, 3.8) is 0 Å². The second-order valence-corrected chi connectivity index (χ2v) is 8.17. The molecule has 0 aliphatic carbocycles. The van der Waals surface area contributed by atoms with E-state index in [0.29, 0.717) is 4.85 Å². The lowest BCUT2D eigenvalue weighted by Gasteiger charge is -2.36. The molecule has 1 heterocycles. The van der Waals surface area contributed by atoms with E-state index in [1.54, 1.807) is 0 Å². The molecule has 168 valence electrons. The van der Waals surface area contributed by atoms with Gasteiger partial charge in [0.05, 0.1) is 18.7 Å². The summed E-state index contributed by atoms with van der Waals surface area (Å²) in [5, 5.41) is 38.0. The number of carbonyl (C=O) groups is 2. The van der Waals surface area contributed by atoms with Crippen molar-refractivity contribution in [2.24, 2.45) is 5.92 Å². The Kier molecular flexibility index (Phi) is 6.89. The lowest BCUT2D eigenvalue weighted by atomic mass is 9.74. The fourth-order valence-corrected chi connectivity index (χ4v) is 3.59. The number of aliphatic carboxylic acids is 1. The van der Waals surface area contributed by atoms with E-state index in [0.717, 1.165) is 22.9 Å². The van der Waals surface area contributed by atoms with Crippen LogP contribution < -0.4 is 5.32 Å². The smallest absolute Gasteiger partial charge is 0.308 e. The number of hydrogen-bond donors (Lipinski definition) is 4. The van der Waals surface area contributed by atoms with Crippen LogP contribution in [0.25, 0.3) is 11.1 Å². The Balaban J connectivity index is 1.90. The number of carbonyl (C=O) groups excluding carboxylic acids is 1. The Morgan fingerprint density at radius 3 is 2.22 bits per heavy atom. The van der Waals surface area contributed by atoms with E-state index >= 15 is 0 Å². The zero-order valence-corrected chi connectivity index (χ0v) is 17.8. The van der Waals surface area contributed by atoms with E-state index in [1.165, 1.54) is 0 Å². The largest absolute Gasteiger partial charge is 0.481 e. The molecular formula is C23H26N4O5. The van der Waals surface area contributed by atoms with Crippen LogP contribution in [0.15, 0.2) is 60.8 Å². The molecule has 0 spiro atoms. The number of aliphatic hydroxyl groups is 1. The molecule has 1 amide bonds. The van der Waals surface area contributed by atoms with Gasteiger partial charge in [-0.15, -0.1) is 5.10 Å². The zero-order chi connectivity index (χ0) is 23.3. The van der Waals surface area contributed by atoms with Gasteiger partial charge < -0.3 is 20.7 Å². The first-order valence-corrected chi connectivity index (χ1v) is 10.1. The van der Waals surface area contributed by atoms with Gasteiger partial charge >= 0.3 is 5.97 Å². The van der Waals surface area contributed by atoms with Crippen molar-refractivity contribution < 1.29 is 25.0 Å². The third-order valence-corrected chi connectivity index (χ3v) is 5.72. The molecule has 3 rings (SSSR count). The third-order valence-electron chi connectivity index (χ3n) is 5.72. The topological polar surface area (TPSA) is 138 Å². The number of benzene rings is 2. The monoisotopic (exact) mass is 438 g/mol. The summed E-state index contributed by atoms with van der Waals surface area (Å²) in [6, 6.07) is 17.1. The van der Waals surface area contributed by atoms with Gasteiger partial charge in [0.15, 0.2) is 5.69 Å². The second-order valence-electron chi connectivity index (χ2n) is 8.17. The molecule has 0 fully saturated rings. The number of carboxylic acid groups (broad SMARTS) is 1. The molecular weight excluding hydrogens is 412 g/mol. The van der Waals surface area contributed by atoms with Gasteiger partial charge in [-0.25, -0.2) is 0 Å². The van der Waals surface area contributed by atoms with Crippen molar-refractivity contribution in [3.05, 3.63) is 72.1 Å². The average Bonchev–Trinajstić information content (AvgIpc) is 3.23. The summed E-state index contributed by atoms with van der Waals surface area (Å²) in [4.78, 5) is 24.7. The maximum Gasteiger partial charge on any atom is 0.308 e. The molecule has 2 atom stereocenters. The SMILES string of the molecule is CC(C)(c1ccc(-c2ccccc2)cc1)[C@H](C[C@@H](CO)C(=O)O)NC(=O)c1cn(O)nn1. The van der Waals surface area contributed by atoms with Crippen molar-refractivity contribution in [1.82, 2.24) is 20.5 Å². The van der Waals surface area contributed by atoms with Gasteiger partial charge in [0, 0.05) is 11.5 Å². The lowest BCUT2D eigenvalue weighted by Crippen LogP contribution is -2.49. The number of aliphatic hydroxyl groups excluding tert-OH is 1.